The second-order valence-corrected chi connectivity index (χ2v) is 18.0. The van der Waals surface area contributed by atoms with Crippen molar-refractivity contribution >= 4 is 81.7 Å². The van der Waals surface area contributed by atoms with Gasteiger partial charge in [-0.3, -0.25) is 0 Å². The number of rotatable bonds is 16. The number of ether oxygens (including phenoxy) is 6. The Morgan fingerprint density at radius 3 is 1.60 bits per heavy atom. The summed E-state index contributed by atoms with van der Waals surface area (Å²) in [5.74, 6) is -0.823. The lowest BCUT2D eigenvalue weighted by Gasteiger charge is -2.27. The molecule has 4 heterocycles. The highest BCUT2D eigenvalue weighted by molar-refractivity contribution is 7.99. The van der Waals surface area contributed by atoms with E-state index in [1.807, 2.05) is 13.8 Å². The van der Waals surface area contributed by atoms with Gasteiger partial charge < -0.3 is 60.7 Å². The number of nitrogens with zero attached hydrogens (tertiary/aromatic N) is 4. The molecule has 5 aliphatic rings. The van der Waals surface area contributed by atoms with E-state index in [2.05, 4.69) is 44.4 Å². The lowest BCUT2D eigenvalue weighted by atomic mass is 10.2. The van der Waals surface area contributed by atoms with Crippen LogP contribution < -0.4 is 22.1 Å². The fraction of sp³-hybridized carbons (Fsp3) is 0.722. The molecule has 2 aliphatic heterocycles. The number of nitrogens with two attached hydrogens (primary N) is 2. The first-order chi connectivity index (χ1) is 27.6. The number of halogens is 2. The average molecular weight is 892 g/mol. The Bertz CT molecular complexity index is 1780. The number of anilines is 4. The van der Waals surface area contributed by atoms with E-state index in [-0.39, 0.29) is 64.8 Å². The van der Waals surface area contributed by atoms with Crippen molar-refractivity contribution in [1.29, 1.82) is 0 Å². The van der Waals surface area contributed by atoms with Crippen molar-refractivity contribution < 1.29 is 48.2 Å². The number of nitrogens with one attached hydrogen (secondary N) is 2. The molecule has 2 saturated heterocycles. The van der Waals surface area contributed by atoms with Crippen molar-refractivity contribution in [2.24, 2.45) is 0 Å². The molecule has 8 N–H and O–H groups in total. The number of fused-ring (bicyclic) bond motifs is 2. The maximum atomic E-state index is 11.0. The second-order valence-electron chi connectivity index (χ2n) is 15.1. The minimum atomic E-state index is -1.03. The first-order valence-corrected chi connectivity index (χ1v) is 22.2. The average Bonchev–Trinajstić information content (AvgIpc) is 3.98. The van der Waals surface area contributed by atoms with E-state index in [1.54, 1.807) is 0 Å². The molecular weight excluding hydrogens is 839 g/mol. The Morgan fingerprint density at radius 2 is 1.16 bits per heavy atom. The molecule has 5 fully saturated rings. The highest BCUT2D eigenvalue weighted by atomic mass is 35.5. The van der Waals surface area contributed by atoms with Gasteiger partial charge in [-0.25, -0.2) is 29.5 Å². The zero-order valence-electron chi connectivity index (χ0n) is 32.8. The summed E-state index contributed by atoms with van der Waals surface area (Å²) < 4.78 is 35.8. The molecule has 22 heteroatoms. The van der Waals surface area contributed by atoms with Crippen molar-refractivity contribution in [2.75, 3.05) is 46.8 Å². The molecule has 7 rings (SSSR count). The number of carbonyl (C=O) groups is 2. The molecule has 3 aliphatic carbocycles. The minimum Gasteiger partial charge on any atom is -0.480 e. The SMILES string of the molecule is CCCSc1nc(Cl)c(N)c(N[C@@H]2C[C@H](OCC(=O)O)[C@H]3OC(C)(C)O[C@H]32)n1.CCCSc1nc(Cl)c(N)c(N[C@@H]2C[C@H](OCC(=O)O)[C@H]3OC4(CCCC4)O[C@H]32)n1. The van der Waals surface area contributed by atoms with Crippen LogP contribution >= 0.6 is 46.7 Å². The summed E-state index contributed by atoms with van der Waals surface area (Å²) in [6.07, 6.45) is 4.54. The summed E-state index contributed by atoms with van der Waals surface area (Å²) in [5.41, 5.74) is 12.7. The van der Waals surface area contributed by atoms with Crippen molar-refractivity contribution in [1.82, 2.24) is 19.9 Å². The lowest BCUT2D eigenvalue weighted by molar-refractivity contribution is -0.188. The van der Waals surface area contributed by atoms with Gasteiger partial charge in [-0.15, -0.1) is 0 Å². The number of carboxylic acids is 2. The molecular formula is C36H52Cl2N8O10S2. The lowest BCUT2D eigenvalue weighted by Crippen LogP contribution is -2.35. The highest BCUT2D eigenvalue weighted by Gasteiger charge is 2.59. The van der Waals surface area contributed by atoms with Gasteiger partial charge in [-0.2, -0.15) is 0 Å². The summed E-state index contributed by atoms with van der Waals surface area (Å²) in [4.78, 5) is 39.4. The molecule has 322 valence electrons. The summed E-state index contributed by atoms with van der Waals surface area (Å²) >= 11 is 15.4. The first kappa shape index (κ1) is 44.9. The van der Waals surface area contributed by atoms with E-state index in [4.69, 9.17) is 73.3 Å². The zero-order valence-corrected chi connectivity index (χ0v) is 35.9. The monoisotopic (exact) mass is 890 g/mol. The smallest absolute Gasteiger partial charge is 0.329 e. The van der Waals surface area contributed by atoms with Gasteiger partial charge in [0.1, 0.15) is 49.0 Å². The fourth-order valence-electron chi connectivity index (χ4n) is 7.76. The van der Waals surface area contributed by atoms with Crippen LogP contribution in [0.3, 0.4) is 0 Å². The van der Waals surface area contributed by atoms with Crippen LogP contribution in [0.5, 0.6) is 0 Å². The van der Waals surface area contributed by atoms with Crippen LogP contribution in [0.15, 0.2) is 10.3 Å². The third-order valence-corrected chi connectivity index (χ3v) is 12.8. The maximum Gasteiger partial charge on any atom is 0.329 e. The van der Waals surface area contributed by atoms with Gasteiger partial charge in [0.2, 0.25) is 0 Å². The normalized spacial score (nSPS) is 28.9. The van der Waals surface area contributed by atoms with Crippen LogP contribution in [0.2, 0.25) is 10.3 Å². The number of hydrogen-bond donors (Lipinski definition) is 6. The highest BCUT2D eigenvalue weighted by Crippen LogP contribution is 2.48. The number of thioether (sulfide) groups is 2. The topological polar surface area (TPSA) is 258 Å². The third-order valence-electron chi connectivity index (χ3n) is 10.2. The number of aliphatic carboxylic acids is 2. The van der Waals surface area contributed by atoms with Crippen LogP contribution in [0.1, 0.15) is 79.1 Å². The van der Waals surface area contributed by atoms with Crippen LogP contribution in [0.25, 0.3) is 0 Å². The molecule has 3 saturated carbocycles. The molecule has 0 unspecified atom stereocenters. The number of carboxylic acid groups (broad SMARTS) is 2. The van der Waals surface area contributed by atoms with Gasteiger partial charge in [0, 0.05) is 24.3 Å². The van der Waals surface area contributed by atoms with Gasteiger partial charge in [0.05, 0.1) is 24.3 Å². The summed E-state index contributed by atoms with van der Waals surface area (Å²) in [6.45, 7) is 7.00. The molecule has 0 aromatic carbocycles. The van der Waals surface area contributed by atoms with Crippen LogP contribution in [0.4, 0.5) is 23.0 Å². The number of nitrogen functional groups attached to an aromatic ring is 2. The quantitative estimate of drug-likeness (QED) is 0.0709. The Morgan fingerprint density at radius 1 is 0.741 bits per heavy atom. The van der Waals surface area contributed by atoms with Crippen LogP contribution in [0, 0.1) is 0 Å². The zero-order chi connectivity index (χ0) is 41.8. The molecule has 8 atom stereocenters. The Hall–Kier alpha value is -2.66. The maximum absolute atomic E-state index is 11.0. The fourth-order valence-corrected chi connectivity index (χ4v) is 9.59. The molecule has 2 aromatic rings. The van der Waals surface area contributed by atoms with Crippen molar-refractivity contribution in [3.8, 4) is 0 Å². The van der Waals surface area contributed by atoms with E-state index in [0.29, 0.717) is 34.8 Å². The predicted octanol–water partition coefficient (Wildman–Crippen LogP) is 5.31. The minimum absolute atomic E-state index is 0.188. The van der Waals surface area contributed by atoms with Gasteiger partial charge in [0.25, 0.3) is 0 Å². The Labute approximate surface area is 355 Å². The van der Waals surface area contributed by atoms with Crippen molar-refractivity contribution in [3.63, 3.8) is 0 Å². The molecule has 18 nitrogen and oxygen atoms in total. The van der Waals surface area contributed by atoms with Gasteiger partial charge >= 0.3 is 11.9 Å². The van der Waals surface area contributed by atoms with E-state index in [9.17, 15) is 9.59 Å². The molecule has 0 amide bonds. The summed E-state index contributed by atoms with van der Waals surface area (Å²) in [5, 5.41) is 26.1. The van der Waals surface area contributed by atoms with E-state index in [1.165, 1.54) is 23.5 Å². The standard InChI is InChI=1S/C19H27ClN4O5S.C17H25ClN4O5S/c1-2-7-30-18-23-16(20)13(21)17(24-18)22-10-8-11(27-9-12(25)26)15-14(10)28-19(29-15)5-3-4-6-19;1-4-5-28-16-21-14(18)11(19)15(22-16)20-8-6-9(25-7-10(23)24)13-12(8)26-17(2,3)27-13/h10-11,14-15H,2-9,21H2,1H3,(H,25,26)(H,22,23,24);8-9,12-13H,4-7,19H2,1-3H3,(H,23,24)(H,20,21,22)/t10-,11+,14+,15-;8-,9+,12+,13-/m11/s1. The van der Waals surface area contributed by atoms with E-state index < -0.39 is 42.3 Å². The molecule has 0 radical (unpaired) electrons. The second kappa shape index (κ2) is 19.4. The molecule has 2 aromatic heterocycles. The summed E-state index contributed by atoms with van der Waals surface area (Å²) in [6, 6.07) is -0.436. The molecule has 58 heavy (non-hydrogen) atoms. The van der Waals surface area contributed by atoms with Crippen LogP contribution in [-0.2, 0) is 38.0 Å². The number of aromatic nitrogens is 4. The van der Waals surface area contributed by atoms with Crippen LogP contribution in [-0.4, -0.2) is 127 Å². The van der Waals surface area contributed by atoms with Gasteiger partial charge in [-0.1, -0.05) is 60.6 Å². The van der Waals surface area contributed by atoms with Crippen molar-refractivity contribution in [3.05, 3.63) is 10.3 Å². The molecule has 1 spiro atoms. The predicted molar refractivity (Wildman–Crippen MR) is 219 cm³/mol. The summed E-state index contributed by atoms with van der Waals surface area (Å²) in [7, 11) is 0. The van der Waals surface area contributed by atoms with Gasteiger partial charge in [0.15, 0.2) is 43.8 Å². The Balaban J connectivity index is 0.000000196. The van der Waals surface area contributed by atoms with E-state index >= 15 is 0 Å². The third kappa shape index (κ3) is 10.8. The molecule has 0 bridgehead atoms. The van der Waals surface area contributed by atoms with Crippen molar-refractivity contribution in [2.45, 2.75) is 150 Å². The number of hydrogen-bond acceptors (Lipinski definition) is 18. The Kier molecular flexibility index (Phi) is 15.0. The van der Waals surface area contributed by atoms with Gasteiger partial charge in [-0.05, 0) is 52.4 Å². The first-order valence-electron chi connectivity index (χ1n) is 19.4. The largest absolute Gasteiger partial charge is 0.480 e. The van der Waals surface area contributed by atoms with E-state index in [0.717, 1.165) is 50.0 Å².